The second-order valence-electron chi connectivity index (χ2n) is 8.43. The van der Waals surface area contributed by atoms with Gasteiger partial charge in [-0.3, -0.25) is 24.0 Å². The van der Waals surface area contributed by atoms with Crippen LogP contribution in [-0.2, 0) is 20.6 Å². The highest BCUT2D eigenvalue weighted by Gasteiger charge is 2.22. The van der Waals surface area contributed by atoms with E-state index in [2.05, 4.69) is 21.9 Å². The largest absolute Gasteiger partial charge is 0.390 e. The molecule has 2 aromatic heterocycles. The summed E-state index contributed by atoms with van der Waals surface area (Å²) in [5, 5.41) is 10.7. The Kier molecular flexibility index (Phi) is 6.03. The van der Waals surface area contributed by atoms with Gasteiger partial charge >= 0.3 is 0 Å². The first-order chi connectivity index (χ1) is 15.3. The Hall–Kier alpha value is -3.17. The van der Waals surface area contributed by atoms with Crippen LogP contribution in [0, 0.1) is 6.92 Å². The maximum atomic E-state index is 13.1. The predicted molar refractivity (Wildman–Crippen MR) is 125 cm³/mol. The molecule has 1 unspecified atom stereocenters. The lowest BCUT2D eigenvalue weighted by atomic mass is 10.2. The Balaban J connectivity index is 1.51. The second-order valence-corrected chi connectivity index (χ2v) is 8.43. The standard InChI is InChI=1S/C23H29N5O4/c1-16-13-19-20(22(31)24(16)2)23(32)28(25(3)21(19)30)15-18(29)14-26-9-11-27(12-10-26)17-7-5-4-6-8-17/h4-8,13,18,29H,9-12,14-15H2,1-3H3. The lowest BCUT2D eigenvalue weighted by molar-refractivity contribution is 0.0873. The number of hydrogen-bond acceptors (Lipinski definition) is 6. The molecule has 0 aliphatic carbocycles. The number of anilines is 1. The van der Waals surface area contributed by atoms with Gasteiger partial charge in [0.1, 0.15) is 5.39 Å². The normalized spacial score (nSPS) is 15.9. The quantitative estimate of drug-likeness (QED) is 0.597. The van der Waals surface area contributed by atoms with E-state index in [1.807, 2.05) is 18.2 Å². The minimum absolute atomic E-state index is 0.0591. The molecule has 1 aliphatic rings. The van der Waals surface area contributed by atoms with Crippen molar-refractivity contribution in [1.29, 1.82) is 0 Å². The molecule has 1 N–H and O–H groups in total. The van der Waals surface area contributed by atoms with Crippen LogP contribution in [0.2, 0.25) is 0 Å². The SMILES string of the molecule is Cc1cc2c(=O)n(C)n(CC(O)CN3CCN(c4ccccc4)CC3)c(=O)c2c(=O)n1C. The van der Waals surface area contributed by atoms with E-state index in [4.69, 9.17) is 0 Å². The minimum Gasteiger partial charge on any atom is -0.390 e. The maximum Gasteiger partial charge on any atom is 0.278 e. The summed E-state index contributed by atoms with van der Waals surface area (Å²) < 4.78 is 3.72. The fourth-order valence-electron chi connectivity index (χ4n) is 4.33. The Labute approximate surface area is 185 Å². The van der Waals surface area contributed by atoms with Crippen molar-refractivity contribution in [3.8, 4) is 0 Å². The van der Waals surface area contributed by atoms with Crippen LogP contribution in [0.1, 0.15) is 5.69 Å². The van der Waals surface area contributed by atoms with E-state index in [0.29, 0.717) is 12.2 Å². The molecule has 1 fully saturated rings. The zero-order valence-electron chi connectivity index (χ0n) is 18.7. The molecule has 3 heterocycles. The first-order valence-corrected chi connectivity index (χ1v) is 10.8. The van der Waals surface area contributed by atoms with Crippen molar-refractivity contribution in [3.63, 3.8) is 0 Å². The number of β-amino-alcohol motifs (C(OH)–C–C–N with tert-alkyl or cyclic N) is 1. The molecule has 1 aromatic carbocycles. The van der Waals surface area contributed by atoms with Crippen LogP contribution in [0.25, 0.3) is 10.8 Å². The summed E-state index contributed by atoms with van der Waals surface area (Å²) in [4.78, 5) is 43.0. The van der Waals surface area contributed by atoms with Crippen LogP contribution in [0.15, 0.2) is 50.8 Å². The average molecular weight is 440 g/mol. The highest BCUT2D eigenvalue weighted by Crippen LogP contribution is 2.15. The summed E-state index contributed by atoms with van der Waals surface area (Å²) in [6.45, 7) is 5.31. The molecule has 9 nitrogen and oxygen atoms in total. The van der Waals surface area contributed by atoms with Crippen molar-refractivity contribution in [2.75, 3.05) is 37.6 Å². The van der Waals surface area contributed by atoms with Crippen molar-refractivity contribution in [3.05, 3.63) is 73.2 Å². The Morgan fingerprint density at radius 1 is 0.906 bits per heavy atom. The van der Waals surface area contributed by atoms with E-state index in [-0.39, 0.29) is 17.3 Å². The molecule has 0 bridgehead atoms. The van der Waals surface area contributed by atoms with Gasteiger partial charge in [0.25, 0.3) is 16.7 Å². The third-order valence-electron chi connectivity index (χ3n) is 6.35. The fraction of sp³-hybridized carbons (Fsp3) is 0.435. The summed E-state index contributed by atoms with van der Waals surface area (Å²) in [7, 11) is 3.06. The number of aromatic nitrogens is 3. The maximum absolute atomic E-state index is 13.1. The van der Waals surface area contributed by atoms with Gasteiger partial charge < -0.3 is 14.6 Å². The number of pyridine rings is 1. The molecule has 3 aromatic rings. The van der Waals surface area contributed by atoms with Gasteiger partial charge in [0.15, 0.2) is 0 Å². The summed E-state index contributed by atoms with van der Waals surface area (Å²) in [6, 6.07) is 11.8. The topological polar surface area (TPSA) is 92.7 Å². The molecule has 170 valence electrons. The Morgan fingerprint density at radius 2 is 1.56 bits per heavy atom. The molecule has 4 rings (SSSR count). The van der Waals surface area contributed by atoms with E-state index >= 15 is 0 Å². The number of piperazine rings is 1. The number of aliphatic hydroxyl groups excluding tert-OH is 1. The van der Waals surface area contributed by atoms with Gasteiger partial charge in [0, 0.05) is 58.2 Å². The molecule has 32 heavy (non-hydrogen) atoms. The number of nitrogens with zero attached hydrogens (tertiary/aromatic N) is 5. The summed E-state index contributed by atoms with van der Waals surface area (Å²) in [5.41, 5.74) is 0.302. The third kappa shape index (κ3) is 4.01. The van der Waals surface area contributed by atoms with E-state index in [1.165, 1.54) is 26.7 Å². The van der Waals surface area contributed by atoms with Gasteiger partial charge in [-0.05, 0) is 25.1 Å². The van der Waals surface area contributed by atoms with Crippen LogP contribution in [-0.4, -0.2) is 62.8 Å². The Bertz CT molecular complexity index is 1300. The number of aryl methyl sites for hydroxylation is 1. The highest BCUT2D eigenvalue weighted by atomic mass is 16.3. The number of para-hydroxylation sites is 1. The van der Waals surface area contributed by atoms with Crippen molar-refractivity contribution < 1.29 is 5.11 Å². The van der Waals surface area contributed by atoms with Crippen molar-refractivity contribution in [2.24, 2.45) is 14.1 Å². The molecule has 0 saturated carbocycles. The fourth-order valence-corrected chi connectivity index (χ4v) is 4.33. The van der Waals surface area contributed by atoms with Crippen molar-refractivity contribution in [1.82, 2.24) is 18.8 Å². The lowest BCUT2D eigenvalue weighted by Gasteiger charge is -2.37. The van der Waals surface area contributed by atoms with Crippen LogP contribution in [0.3, 0.4) is 0 Å². The molecular formula is C23H29N5O4. The number of benzene rings is 1. The van der Waals surface area contributed by atoms with Gasteiger partial charge in [-0.25, -0.2) is 4.68 Å². The summed E-state index contributed by atoms with van der Waals surface area (Å²) >= 11 is 0. The van der Waals surface area contributed by atoms with Crippen molar-refractivity contribution >= 4 is 16.5 Å². The smallest absolute Gasteiger partial charge is 0.278 e. The van der Waals surface area contributed by atoms with Crippen LogP contribution < -0.4 is 21.6 Å². The second kappa shape index (κ2) is 8.76. The molecule has 1 saturated heterocycles. The number of hydrogen-bond donors (Lipinski definition) is 1. The highest BCUT2D eigenvalue weighted by molar-refractivity contribution is 5.80. The van der Waals surface area contributed by atoms with Gasteiger partial charge in [0.2, 0.25) is 0 Å². The van der Waals surface area contributed by atoms with Gasteiger partial charge in [-0.15, -0.1) is 0 Å². The van der Waals surface area contributed by atoms with Gasteiger partial charge in [-0.2, -0.15) is 0 Å². The number of fused-ring (bicyclic) bond motifs is 1. The van der Waals surface area contributed by atoms with Crippen LogP contribution in [0.5, 0.6) is 0 Å². The summed E-state index contributed by atoms with van der Waals surface area (Å²) in [5.74, 6) is 0. The first kappa shape index (κ1) is 22.0. The third-order valence-corrected chi connectivity index (χ3v) is 6.35. The van der Waals surface area contributed by atoms with Crippen molar-refractivity contribution in [2.45, 2.75) is 19.6 Å². The van der Waals surface area contributed by atoms with E-state index in [1.54, 1.807) is 20.0 Å². The van der Waals surface area contributed by atoms with Crippen LogP contribution >= 0.6 is 0 Å². The van der Waals surface area contributed by atoms with Crippen LogP contribution in [0.4, 0.5) is 5.69 Å². The predicted octanol–water partition coefficient (Wildman–Crippen LogP) is -0.110. The molecule has 0 radical (unpaired) electrons. The lowest BCUT2D eigenvalue weighted by Crippen LogP contribution is -2.50. The zero-order chi connectivity index (χ0) is 23.0. The van der Waals surface area contributed by atoms with Gasteiger partial charge in [-0.1, -0.05) is 18.2 Å². The van der Waals surface area contributed by atoms with E-state index < -0.39 is 22.8 Å². The molecule has 1 aliphatic heterocycles. The molecule has 1 atom stereocenters. The number of rotatable bonds is 5. The Morgan fingerprint density at radius 3 is 2.22 bits per heavy atom. The molecule has 0 amide bonds. The summed E-state index contributed by atoms with van der Waals surface area (Å²) in [6.07, 6.45) is -0.853. The average Bonchev–Trinajstić information content (AvgIpc) is 2.79. The zero-order valence-corrected chi connectivity index (χ0v) is 18.7. The monoisotopic (exact) mass is 439 g/mol. The first-order valence-electron chi connectivity index (χ1n) is 10.8. The van der Waals surface area contributed by atoms with E-state index in [9.17, 15) is 19.5 Å². The number of aliphatic hydroxyl groups is 1. The molecule has 0 spiro atoms. The molecule has 9 heteroatoms. The van der Waals surface area contributed by atoms with Gasteiger partial charge in [0.05, 0.1) is 18.0 Å². The van der Waals surface area contributed by atoms with E-state index in [0.717, 1.165) is 26.2 Å². The minimum atomic E-state index is -0.853. The molecular weight excluding hydrogens is 410 g/mol.